The van der Waals surface area contributed by atoms with Crippen LogP contribution in [0.2, 0.25) is 0 Å². The summed E-state index contributed by atoms with van der Waals surface area (Å²) in [7, 11) is 0. The zero-order valence-corrected chi connectivity index (χ0v) is 23.7. The van der Waals surface area contributed by atoms with Gasteiger partial charge in [0.25, 0.3) is 11.8 Å². The molecule has 4 aromatic carbocycles. The van der Waals surface area contributed by atoms with Gasteiger partial charge in [-0.05, 0) is 92.1 Å². The van der Waals surface area contributed by atoms with E-state index in [1.165, 1.54) is 42.1 Å². The van der Waals surface area contributed by atoms with E-state index in [4.69, 9.17) is 0 Å². The predicted molar refractivity (Wildman–Crippen MR) is 163 cm³/mol. The SMILES string of the molecule is Cc1cccc(NC(=O)C(C)Sc2cccc(NC(=O)/C(=C\c3ccc(F)cc3)NC(=O)c3ccccc3)c2)c1C. The zero-order chi connectivity index (χ0) is 29.4. The molecular weight excluding hydrogens is 537 g/mol. The summed E-state index contributed by atoms with van der Waals surface area (Å²) in [6.45, 7) is 5.78. The summed E-state index contributed by atoms with van der Waals surface area (Å²) < 4.78 is 13.4. The third-order valence-corrected chi connectivity index (χ3v) is 7.44. The molecule has 0 bridgehead atoms. The van der Waals surface area contributed by atoms with Crippen LogP contribution in [-0.2, 0) is 9.59 Å². The maximum Gasteiger partial charge on any atom is 0.272 e. The zero-order valence-electron chi connectivity index (χ0n) is 22.9. The van der Waals surface area contributed by atoms with Gasteiger partial charge in [0.15, 0.2) is 0 Å². The van der Waals surface area contributed by atoms with Crippen molar-refractivity contribution in [1.82, 2.24) is 5.32 Å². The molecule has 6 nitrogen and oxygen atoms in total. The third kappa shape index (κ3) is 8.16. The first-order chi connectivity index (χ1) is 19.7. The number of thioether (sulfide) groups is 1. The molecule has 0 saturated carbocycles. The van der Waals surface area contributed by atoms with Crippen LogP contribution in [-0.4, -0.2) is 23.0 Å². The largest absolute Gasteiger partial charge is 0.325 e. The summed E-state index contributed by atoms with van der Waals surface area (Å²) >= 11 is 1.36. The molecule has 3 N–H and O–H groups in total. The smallest absolute Gasteiger partial charge is 0.272 e. The Bertz CT molecular complexity index is 1590. The number of carbonyl (C=O) groups is 3. The number of amides is 3. The summed E-state index contributed by atoms with van der Waals surface area (Å²) in [6.07, 6.45) is 1.48. The van der Waals surface area contributed by atoms with Crippen LogP contribution in [0.3, 0.4) is 0 Å². The van der Waals surface area contributed by atoms with Crippen molar-refractivity contribution in [3.8, 4) is 0 Å². The number of hydrogen-bond donors (Lipinski definition) is 3. The molecule has 0 radical (unpaired) electrons. The van der Waals surface area contributed by atoms with Crippen molar-refractivity contribution in [3.63, 3.8) is 0 Å². The molecule has 0 aromatic heterocycles. The Morgan fingerprint density at radius 2 is 1.54 bits per heavy atom. The van der Waals surface area contributed by atoms with E-state index in [9.17, 15) is 18.8 Å². The highest BCUT2D eigenvalue weighted by molar-refractivity contribution is 8.00. The predicted octanol–water partition coefficient (Wildman–Crippen LogP) is 6.97. The van der Waals surface area contributed by atoms with Gasteiger partial charge >= 0.3 is 0 Å². The minimum absolute atomic E-state index is 0.00946. The van der Waals surface area contributed by atoms with Gasteiger partial charge in [0.05, 0.1) is 5.25 Å². The molecule has 1 unspecified atom stereocenters. The minimum atomic E-state index is -0.554. The first kappa shape index (κ1) is 29.3. The van der Waals surface area contributed by atoms with Crippen molar-refractivity contribution in [2.45, 2.75) is 30.9 Å². The van der Waals surface area contributed by atoms with Gasteiger partial charge in [0.1, 0.15) is 11.5 Å². The van der Waals surface area contributed by atoms with Crippen LogP contribution in [0.4, 0.5) is 15.8 Å². The topological polar surface area (TPSA) is 87.3 Å². The van der Waals surface area contributed by atoms with Gasteiger partial charge in [-0.25, -0.2) is 4.39 Å². The summed E-state index contributed by atoms with van der Waals surface area (Å²) in [5, 5.41) is 8.07. The molecule has 0 fully saturated rings. The number of nitrogens with one attached hydrogen (secondary N) is 3. The van der Waals surface area contributed by atoms with E-state index in [1.54, 1.807) is 48.5 Å². The van der Waals surface area contributed by atoms with Gasteiger partial charge in [-0.15, -0.1) is 11.8 Å². The van der Waals surface area contributed by atoms with Crippen LogP contribution >= 0.6 is 11.8 Å². The first-order valence-electron chi connectivity index (χ1n) is 13.0. The molecule has 208 valence electrons. The average molecular weight is 568 g/mol. The van der Waals surface area contributed by atoms with Gasteiger partial charge in [0.2, 0.25) is 5.91 Å². The Hall–Kier alpha value is -4.69. The number of anilines is 2. The molecule has 4 rings (SSSR count). The van der Waals surface area contributed by atoms with E-state index in [0.29, 0.717) is 16.8 Å². The number of hydrogen-bond acceptors (Lipinski definition) is 4. The molecule has 0 heterocycles. The van der Waals surface area contributed by atoms with E-state index in [1.807, 2.05) is 45.0 Å². The van der Waals surface area contributed by atoms with Crippen molar-refractivity contribution in [2.24, 2.45) is 0 Å². The van der Waals surface area contributed by atoms with Crippen molar-refractivity contribution < 1.29 is 18.8 Å². The van der Waals surface area contributed by atoms with Crippen molar-refractivity contribution in [1.29, 1.82) is 0 Å². The Kier molecular flexibility index (Phi) is 9.71. The highest BCUT2D eigenvalue weighted by Gasteiger charge is 2.18. The fourth-order valence-electron chi connectivity index (χ4n) is 3.89. The number of halogens is 1. The minimum Gasteiger partial charge on any atom is -0.325 e. The molecule has 0 spiro atoms. The van der Waals surface area contributed by atoms with E-state index in [-0.39, 0.29) is 11.6 Å². The van der Waals surface area contributed by atoms with Crippen molar-refractivity contribution in [2.75, 3.05) is 10.6 Å². The highest BCUT2D eigenvalue weighted by Crippen LogP contribution is 2.27. The van der Waals surface area contributed by atoms with Crippen LogP contribution in [0.5, 0.6) is 0 Å². The van der Waals surface area contributed by atoms with E-state index in [2.05, 4.69) is 16.0 Å². The van der Waals surface area contributed by atoms with Crippen molar-refractivity contribution >= 4 is 46.9 Å². The number of aryl methyl sites for hydroxylation is 1. The molecule has 1 atom stereocenters. The lowest BCUT2D eigenvalue weighted by atomic mass is 10.1. The molecule has 0 aliphatic heterocycles. The second-order valence-corrected chi connectivity index (χ2v) is 10.8. The fraction of sp³-hybridized carbons (Fsp3) is 0.121. The van der Waals surface area contributed by atoms with Crippen molar-refractivity contribution in [3.05, 3.63) is 131 Å². The maximum absolute atomic E-state index is 13.4. The Balaban J connectivity index is 1.48. The van der Waals surface area contributed by atoms with Crippen LogP contribution in [0.1, 0.15) is 34.0 Å². The molecule has 0 aliphatic rings. The number of carbonyl (C=O) groups excluding carboxylic acids is 3. The molecular formula is C33H30FN3O3S. The Morgan fingerprint density at radius 3 is 2.27 bits per heavy atom. The quantitative estimate of drug-likeness (QED) is 0.151. The molecule has 4 aromatic rings. The summed E-state index contributed by atoms with van der Waals surface area (Å²) in [5.74, 6) is -1.55. The maximum atomic E-state index is 13.4. The normalized spacial score (nSPS) is 11.9. The van der Waals surface area contributed by atoms with Crippen LogP contribution in [0.25, 0.3) is 6.08 Å². The summed E-state index contributed by atoms with van der Waals surface area (Å²) in [5.41, 5.74) is 4.30. The average Bonchev–Trinajstić information content (AvgIpc) is 2.96. The lowest BCUT2D eigenvalue weighted by Gasteiger charge is -2.15. The first-order valence-corrected chi connectivity index (χ1v) is 13.9. The second-order valence-electron chi connectivity index (χ2n) is 9.41. The molecule has 41 heavy (non-hydrogen) atoms. The van der Waals surface area contributed by atoms with E-state index >= 15 is 0 Å². The van der Waals surface area contributed by atoms with Gasteiger partial charge in [-0.2, -0.15) is 0 Å². The summed E-state index contributed by atoms with van der Waals surface area (Å²) in [6, 6.07) is 27.0. The van der Waals surface area contributed by atoms with Crippen LogP contribution < -0.4 is 16.0 Å². The lowest BCUT2D eigenvalue weighted by molar-refractivity contribution is -0.115. The second kappa shape index (κ2) is 13.6. The molecule has 8 heteroatoms. The summed E-state index contributed by atoms with van der Waals surface area (Å²) in [4.78, 5) is 39.8. The van der Waals surface area contributed by atoms with Gasteiger partial charge in [-0.1, -0.05) is 48.5 Å². The van der Waals surface area contributed by atoms with Crippen LogP contribution in [0, 0.1) is 19.7 Å². The molecule has 0 saturated heterocycles. The number of rotatable bonds is 9. The Labute approximate surface area is 243 Å². The fourth-order valence-corrected chi connectivity index (χ4v) is 4.82. The standard InChI is InChI=1S/C33H30FN3O3S/c1-21-9-7-14-29(22(21)2)36-31(38)23(3)41-28-13-8-12-27(20-28)35-33(40)30(19-24-15-17-26(34)18-16-24)37-32(39)25-10-5-4-6-11-25/h4-20,23H,1-3H3,(H,35,40)(H,36,38)(H,37,39)/b30-19+. The lowest BCUT2D eigenvalue weighted by Crippen LogP contribution is -2.30. The highest BCUT2D eigenvalue weighted by atomic mass is 32.2. The van der Waals surface area contributed by atoms with Crippen LogP contribution in [0.15, 0.2) is 108 Å². The van der Waals surface area contributed by atoms with E-state index in [0.717, 1.165) is 21.7 Å². The number of benzene rings is 4. The van der Waals surface area contributed by atoms with Gasteiger partial charge in [0, 0.05) is 21.8 Å². The third-order valence-electron chi connectivity index (χ3n) is 6.35. The monoisotopic (exact) mass is 567 g/mol. The van der Waals surface area contributed by atoms with Gasteiger partial charge < -0.3 is 16.0 Å². The molecule has 3 amide bonds. The molecule has 0 aliphatic carbocycles. The van der Waals surface area contributed by atoms with E-state index < -0.39 is 22.9 Å². The van der Waals surface area contributed by atoms with Gasteiger partial charge in [-0.3, -0.25) is 14.4 Å². The Morgan fingerprint density at radius 1 is 0.829 bits per heavy atom.